The molecule has 1 aromatic rings. The Hall–Kier alpha value is -1.77. The summed E-state index contributed by atoms with van der Waals surface area (Å²) in [7, 11) is 1.65. The van der Waals surface area contributed by atoms with Gasteiger partial charge >= 0.3 is 0 Å². The van der Waals surface area contributed by atoms with Crippen molar-refractivity contribution in [3.8, 4) is 5.75 Å². The Labute approximate surface area is 141 Å². The molecule has 0 aliphatic heterocycles. The van der Waals surface area contributed by atoms with Gasteiger partial charge in [0.1, 0.15) is 5.75 Å². The highest BCUT2D eigenvalue weighted by Crippen LogP contribution is 2.12. The molecular weight excluding hydrogens is 286 g/mol. The van der Waals surface area contributed by atoms with E-state index in [1.165, 1.54) is 25.7 Å². The zero-order chi connectivity index (χ0) is 16.9. The normalized spacial score (nSPS) is 10.9. The standard InChI is InChI=1S/C20H31NO2/c1-4-6-8-16-21(17-9-7-5-2)20(22)15-12-18-10-13-19(23-3)14-11-18/h10-15H,4-9,16-17H2,1-3H3/b15-12+. The molecule has 0 heterocycles. The average molecular weight is 317 g/mol. The van der Waals surface area contributed by atoms with Gasteiger partial charge in [-0.25, -0.2) is 0 Å². The molecule has 3 heteroatoms. The van der Waals surface area contributed by atoms with E-state index in [1.807, 2.05) is 35.2 Å². The van der Waals surface area contributed by atoms with E-state index in [0.29, 0.717) is 0 Å². The molecule has 0 saturated carbocycles. The lowest BCUT2D eigenvalue weighted by Gasteiger charge is -2.21. The van der Waals surface area contributed by atoms with Gasteiger partial charge in [-0.05, 0) is 36.6 Å². The van der Waals surface area contributed by atoms with Gasteiger partial charge in [0.2, 0.25) is 5.91 Å². The first-order valence-corrected chi connectivity index (χ1v) is 8.82. The number of nitrogens with zero attached hydrogens (tertiary/aromatic N) is 1. The van der Waals surface area contributed by atoms with Crippen LogP contribution in [0, 0.1) is 0 Å². The van der Waals surface area contributed by atoms with Gasteiger partial charge in [-0.3, -0.25) is 4.79 Å². The van der Waals surface area contributed by atoms with Crippen molar-refractivity contribution in [3.63, 3.8) is 0 Å². The Morgan fingerprint density at radius 3 is 2.04 bits per heavy atom. The quantitative estimate of drug-likeness (QED) is 0.428. The van der Waals surface area contributed by atoms with Crippen LogP contribution in [0.25, 0.3) is 6.08 Å². The molecule has 0 aromatic heterocycles. The first kappa shape index (κ1) is 19.3. The molecule has 0 fully saturated rings. The van der Waals surface area contributed by atoms with Crippen LogP contribution in [0.2, 0.25) is 0 Å². The summed E-state index contributed by atoms with van der Waals surface area (Å²) >= 11 is 0. The minimum atomic E-state index is 0.119. The van der Waals surface area contributed by atoms with Gasteiger partial charge in [-0.15, -0.1) is 0 Å². The summed E-state index contributed by atoms with van der Waals surface area (Å²) in [6.07, 6.45) is 10.5. The van der Waals surface area contributed by atoms with E-state index in [-0.39, 0.29) is 5.91 Å². The summed E-state index contributed by atoms with van der Waals surface area (Å²) in [5.74, 6) is 0.947. The average Bonchev–Trinajstić information content (AvgIpc) is 2.59. The molecule has 0 spiro atoms. The molecule has 0 saturated heterocycles. The van der Waals surface area contributed by atoms with E-state index >= 15 is 0 Å². The van der Waals surface area contributed by atoms with Crippen molar-refractivity contribution >= 4 is 12.0 Å². The van der Waals surface area contributed by atoms with E-state index in [9.17, 15) is 4.79 Å². The maximum absolute atomic E-state index is 12.4. The summed E-state index contributed by atoms with van der Waals surface area (Å²) in [5, 5.41) is 0. The second-order valence-corrected chi connectivity index (χ2v) is 5.85. The van der Waals surface area contributed by atoms with Crippen LogP contribution in [0.15, 0.2) is 30.3 Å². The molecule has 128 valence electrons. The fraction of sp³-hybridized carbons (Fsp3) is 0.550. The van der Waals surface area contributed by atoms with E-state index in [4.69, 9.17) is 4.74 Å². The Kier molecular flexibility index (Phi) is 9.85. The number of ether oxygens (including phenoxy) is 1. The van der Waals surface area contributed by atoms with Crippen LogP contribution in [0.1, 0.15) is 57.9 Å². The summed E-state index contributed by atoms with van der Waals surface area (Å²) in [4.78, 5) is 14.4. The Bertz CT molecular complexity index is 455. The highest BCUT2D eigenvalue weighted by Gasteiger charge is 2.09. The predicted molar refractivity (Wildman–Crippen MR) is 97.7 cm³/mol. The lowest BCUT2D eigenvalue weighted by molar-refractivity contribution is -0.126. The minimum Gasteiger partial charge on any atom is -0.497 e. The number of benzene rings is 1. The molecule has 1 aromatic carbocycles. The first-order chi connectivity index (χ1) is 11.2. The van der Waals surface area contributed by atoms with E-state index in [0.717, 1.165) is 37.2 Å². The molecule has 1 amide bonds. The smallest absolute Gasteiger partial charge is 0.246 e. The number of unbranched alkanes of at least 4 members (excludes halogenated alkanes) is 4. The van der Waals surface area contributed by atoms with Crippen LogP contribution in [0.4, 0.5) is 0 Å². The molecule has 0 aliphatic carbocycles. The third-order valence-electron chi connectivity index (χ3n) is 3.91. The fourth-order valence-electron chi connectivity index (χ4n) is 2.43. The highest BCUT2D eigenvalue weighted by atomic mass is 16.5. The van der Waals surface area contributed by atoms with Crippen molar-refractivity contribution in [2.45, 2.75) is 52.4 Å². The molecule has 0 bridgehead atoms. The molecule has 0 radical (unpaired) electrons. The van der Waals surface area contributed by atoms with Crippen LogP contribution < -0.4 is 4.74 Å². The molecule has 23 heavy (non-hydrogen) atoms. The Balaban J connectivity index is 2.59. The lowest BCUT2D eigenvalue weighted by atomic mass is 10.2. The predicted octanol–water partition coefficient (Wildman–Crippen LogP) is 4.92. The van der Waals surface area contributed by atoms with Crippen LogP contribution in [-0.2, 0) is 4.79 Å². The second kappa shape index (κ2) is 11.8. The topological polar surface area (TPSA) is 29.5 Å². The minimum absolute atomic E-state index is 0.119. The lowest BCUT2D eigenvalue weighted by Crippen LogP contribution is -2.31. The van der Waals surface area contributed by atoms with Gasteiger partial charge in [-0.1, -0.05) is 51.7 Å². The van der Waals surface area contributed by atoms with Crippen molar-refractivity contribution in [1.82, 2.24) is 4.90 Å². The Morgan fingerprint density at radius 2 is 1.57 bits per heavy atom. The summed E-state index contributed by atoms with van der Waals surface area (Å²) < 4.78 is 5.14. The summed E-state index contributed by atoms with van der Waals surface area (Å²) in [6.45, 7) is 6.10. The van der Waals surface area contributed by atoms with Gasteiger partial charge in [-0.2, -0.15) is 0 Å². The zero-order valence-electron chi connectivity index (χ0n) is 14.9. The Morgan fingerprint density at radius 1 is 1.00 bits per heavy atom. The second-order valence-electron chi connectivity index (χ2n) is 5.85. The fourth-order valence-corrected chi connectivity index (χ4v) is 2.43. The number of hydrogen-bond donors (Lipinski definition) is 0. The van der Waals surface area contributed by atoms with E-state index in [1.54, 1.807) is 13.2 Å². The number of methoxy groups -OCH3 is 1. The number of hydrogen-bond acceptors (Lipinski definition) is 2. The van der Waals surface area contributed by atoms with E-state index < -0.39 is 0 Å². The number of amides is 1. The highest BCUT2D eigenvalue weighted by molar-refractivity contribution is 5.91. The largest absolute Gasteiger partial charge is 0.497 e. The van der Waals surface area contributed by atoms with Crippen molar-refractivity contribution in [3.05, 3.63) is 35.9 Å². The van der Waals surface area contributed by atoms with Gasteiger partial charge in [0.15, 0.2) is 0 Å². The SMILES string of the molecule is CCCCCN(CCCCC)C(=O)/C=C/c1ccc(OC)cc1. The van der Waals surface area contributed by atoms with Gasteiger partial charge in [0, 0.05) is 19.2 Å². The maximum Gasteiger partial charge on any atom is 0.246 e. The van der Waals surface area contributed by atoms with Crippen LogP contribution in [-0.4, -0.2) is 31.0 Å². The molecular formula is C20H31NO2. The summed E-state index contributed by atoms with van der Waals surface area (Å²) in [5.41, 5.74) is 1.02. The van der Waals surface area contributed by atoms with Crippen molar-refractivity contribution in [2.24, 2.45) is 0 Å². The molecule has 0 atom stereocenters. The van der Waals surface area contributed by atoms with Gasteiger partial charge in [0.05, 0.1) is 7.11 Å². The van der Waals surface area contributed by atoms with Crippen LogP contribution >= 0.6 is 0 Å². The van der Waals surface area contributed by atoms with Crippen LogP contribution in [0.5, 0.6) is 5.75 Å². The molecule has 3 nitrogen and oxygen atoms in total. The van der Waals surface area contributed by atoms with Crippen molar-refractivity contribution in [1.29, 1.82) is 0 Å². The molecule has 0 unspecified atom stereocenters. The molecule has 0 aliphatic rings. The van der Waals surface area contributed by atoms with Gasteiger partial charge in [0.25, 0.3) is 0 Å². The number of carbonyl (C=O) groups excluding carboxylic acids is 1. The summed E-state index contributed by atoms with van der Waals surface area (Å²) in [6, 6.07) is 7.73. The zero-order valence-corrected chi connectivity index (χ0v) is 14.9. The van der Waals surface area contributed by atoms with Crippen molar-refractivity contribution < 1.29 is 9.53 Å². The first-order valence-electron chi connectivity index (χ1n) is 8.82. The monoisotopic (exact) mass is 317 g/mol. The maximum atomic E-state index is 12.4. The van der Waals surface area contributed by atoms with Crippen molar-refractivity contribution in [2.75, 3.05) is 20.2 Å². The van der Waals surface area contributed by atoms with E-state index in [2.05, 4.69) is 13.8 Å². The van der Waals surface area contributed by atoms with Crippen LogP contribution in [0.3, 0.4) is 0 Å². The number of rotatable bonds is 11. The third kappa shape index (κ3) is 7.87. The third-order valence-corrected chi connectivity index (χ3v) is 3.91. The van der Waals surface area contributed by atoms with Gasteiger partial charge < -0.3 is 9.64 Å². The molecule has 1 rings (SSSR count). The number of carbonyl (C=O) groups is 1. The molecule has 0 N–H and O–H groups in total.